The fourth-order valence-corrected chi connectivity index (χ4v) is 2.91. The summed E-state index contributed by atoms with van der Waals surface area (Å²) in [5.41, 5.74) is 7.62. The molecule has 2 aromatic rings. The van der Waals surface area contributed by atoms with Gasteiger partial charge in [0, 0.05) is 23.7 Å². The summed E-state index contributed by atoms with van der Waals surface area (Å²) in [6.07, 6.45) is 3.76. The maximum absolute atomic E-state index is 11.7. The van der Waals surface area contributed by atoms with Crippen molar-refractivity contribution in [3.8, 4) is 0 Å². The number of piperidine rings is 1. The van der Waals surface area contributed by atoms with Gasteiger partial charge in [0.25, 0.3) is 5.91 Å². The van der Waals surface area contributed by atoms with Crippen molar-refractivity contribution in [1.29, 1.82) is 0 Å². The molecule has 1 aliphatic heterocycles. The van der Waals surface area contributed by atoms with E-state index in [1.54, 1.807) is 6.20 Å². The average molecular weight is 284 g/mol. The first kappa shape index (κ1) is 13.8. The molecule has 4 N–H and O–H groups in total. The lowest BCUT2D eigenvalue weighted by Gasteiger charge is -2.32. The zero-order chi connectivity index (χ0) is 14.8. The molecule has 0 saturated carbocycles. The molecule has 0 aliphatic carbocycles. The molecule has 1 fully saturated rings. The maximum Gasteiger partial charge on any atom is 0.252 e. The van der Waals surface area contributed by atoms with E-state index < -0.39 is 5.91 Å². The Balaban J connectivity index is 2.05. The second-order valence-corrected chi connectivity index (χ2v) is 5.56. The number of carbonyl (C=O) groups excluding carboxylic acids is 1. The molecular formula is C16H20N4O. The third-order valence-corrected chi connectivity index (χ3v) is 4.13. The van der Waals surface area contributed by atoms with E-state index >= 15 is 0 Å². The lowest BCUT2D eigenvalue weighted by molar-refractivity contribution is 0.100. The van der Waals surface area contributed by atoms with Gasteiger partial charge >= 0.3 is 0 Å². The van der Waals surface area contributed by atoms with Gasteiger partial charge in [0.15, 0.2) is 0 Å². The second-order valence-electron chi connectivity index (χ2n) is 5.56. The molecule has 0 radical (unpaired) electrons. The lowest BCUT2D eigenvalue weighted by Crippen LogP contribution is -2.46. The standard InChI is InChI=1S/C16H20N4O/c1-10-13(7-4-8-18-10)20-15-11-5-2-3-6-14(11)19-9-12(15)16(17)21/h2-3,5-6,9-10,13,18H,4,7-8H2,1H3,(H2,17,21)(H,19,20). The Bertz CT molecular complexity index is 670. The first-order valence-electron chi connectivity index (χ1n) is 7.34. The van der Waals surface area contributed by atoms with Crippen LogP contribution < -0.4 is 16.4 Å². The Morgan fingerprint density at radius 3 is 3.00 bits per heavy atom. The quantitative estimate of drug-likeness (QED) is 0.804. The van der Waals surface area contributed by atoms with Gasteiger partial charge in [-0.1, -0.05) is 18.2 Å². The highest BCUT2D eigenvalue weighted by Crippen LogP contribution is 2.28. The molecular weight excluding hydrogens is 264 g/mol. The van der Waals surface area contributed by atoms with E-state index in [9.17, 15) is 4.79 Å². The van der Waals surface area contributed by atoms with Crippen molar-refractivity contribution in [3.63, 3.8) is 0 Å². The smallest absolute Gasteiger partial charge is 0.252 e. The Morgan fingerprint density at radius 2 is 2.24 bits per heavy atom. The Kier molecular flexibility index (Phi) is 3.75. The van der Waals surface area contributed by atoms with E-state index in [2.05, 4.69) is 22.5 Å². The van der Waals surface area contributed by atoms with Crippen molar-refractivity contribution in [3.05, 3.63) is 36.0 Å². The number of nitrogens with zero attached hydrogens (tertiary/aromatic N) is 1. The molecule has 2 atom stereocenters. The first-order valence-corrected chi connectivity index (χ1v) is 7.34. The number of benzene rings is 1. The third kappa shape index (κ3) is 2.69. The monoisotopic (exact) mass is 284 g/mol. The van der Waals surface area contributed by atoms with Gasteiger partial charge < -0.3 is 16.4 Å². The van der Waals surface area contributed by atoms with E-state index in [1.807, 2.05) is 24.3 Å². The highest BCUT2D eigenvalue weighted by molar-refractivity contribution is 6.06. The van der Waals surface area contributed by atoms with Gasteiger partial charge in [-0.05, 0) is 32.4 Å². The molecule has 1 aliphatic rings. The van der Waals surface area contributed by atoms with Gasteiger partial charge in [0.05, 0.1) is 16.8 Å². The number of hydrogen-bond donors (Lipinski definition) is 3. The Labute approximate surface area is 123 Å². The largest absolute Gasteiger partial charge is 0.380 e. The molecule has 2 unspecified atom stereocenters. The molecule has 110 valence electrons. The summed E-state index contributed by atoms with van der Waals surface area (Å²) >= 11 is 0. The minimum atomic E-state index is -0.452. The lowest BCUT2D eigenvalue weighted by atomic mass is 9.98. The number of amides is 1. The van der Waals surface area contributed by atoms with Gasteiger partial charge in [0.1, 0.15) is 0 Å². The number of anilines is 1. The van der Waals surface area contributed by atoms with Crippen LogP contribution in [0, 0.1) is 0 Å². The van der Waals surface area contributed by atoms with E-state index in [0.29, 0.717) is 11.6 Å². The predicted molar refractivity (Wildman–Crippen MR) is 84.4 cm³/mol. The van der Waals surface area contributed by atoms with Crippen LogP contribution in [0.4, 0.5) is 5.69 Å². The fourth-order valence-electron chi connectivity index (χ4n) is 2.91. The number of aromatic nitrogens is 1. The summed E-state index contributed by atoms with van der Waals surface area (Å²) in [7, 11) is 0. The number of rotatable bonds is 3. The highest BCUT2D eigenvalue weighted by Gasteiger charge is 2.23. The van der Waals surface area contributed by atoms with Crippen LogP contribution in [-0.2, 0) is 0 Å². The normalized spacial score (nSPS) is 22.1. The number of nitrogens with two attached hydrogens (primary N) is 1. The van der Waals surface area contributed by atoms with E-state index in [4.69, 9.17) is 5.73 Å². The zero-order valence-corrected chi connectivity index (χ0v) is 12.1. The third-order valence-electron chi connectivity index (χ3n) is 4.13. The molecule has 5 heteroatoms. The number of pyridine rings is 1. The Morgan fingerprint density at radius 1 is 1.43 bits per heavy atom. The van der Waals surface area contributed by atoms with Crippen LogP contribution in [0.25, 0.3) is 10.9 Å². The fraction of sp³-hybridized carbons (Fsp3) is 0.375. The van der Waals surface area contributed by atoms with Crippen molar-refractivity contribution < 1.29 is 4.79 Å². The van der Waals surface area contributed by atoms with Crippen molar-refractivity contribution in [2.45, 2.75) is 31.8 Å². The number of fused-ring (bicyclic) bond motifs is 1. The molecule has 2 heterocycles. The molecule has 1 saturated heterocycles. The SMILES string of the molecule is CC1NCCCC1Nc1c(C(N)=O)cnc2ccccc12. The summed E-state index contributed by atoms with van der Waals surface area (Å²) in [5, 5.41) is 7.91. The van der Waals surface area contributed by atoms with Crippen LogP contribution in [0.1, 0.15) is 30.1 Å². The van der Waals surface area contributed by atoms with E-state index in [1.165, 1.54) is 0 Å². The van der Waals surface area contributed by atoms with Gasteiger partial charge in [-0.25, -0.2) is 0 Å². The van der Waals surface area contributed by atoms with Crippen molar-refractivity contribution in [2.24, 2.45) is 5.73 Å². The van der Waals surface area contributed by atoms with Gasteiger partial charge in [0.2, 0.25) is 0 Å². The zero-order valence-electron chi connectivity index (χ0n) is 12.1. The number of nitrogens with one attached hydrogen (secondary N) is 2. The van der Waals surface area contributed by atoms with Crippen molar-refractivity contribution in [2.75, 3.05) is 11.9 Å². The highest BCUT2D eigenvalue weighted by atomic mass is 16.1. The van der Waals surface area contributed by atoms with Gasteiger partial charge in [-0.15, -0.1) is 0 Å². The summed E-state index contributed by atoms with van der Waals surface area (Å²) in [6, 6.07) is 8.43. The van der Waals surface area contributed by atoms with Crippen LogP contribution in [0.2, 0.25) is 0 Å². The topological polar surface area (TPSA) is 80.0 Å². The van der Waals surface area contributed by atoms with Crippen molar-refractivity contribution in [1.82, 2.24) is 10.3 Å². The summed E-state index contributed by atoms with van der Waals surface area (Å²) in [4.78, 5) is 16.0. The Hall–Kier alpha value is -2.14. The van der Waals surface area contributed by atoms with Crippen LogP contribution in [0.3, 0.4) is 0 Å². The summed E-state index contributed by atoms with van der Waals surface area (Å²) < 4.78 is 0. The number of para-hydroxylation sites is 1. The molecule has 3 rings (SSSR count). The number of primary amides is 1. The molecule has 0 bridgehead atoms. The van der Waals surface area contributed by atoms with Crippen LogP contribution in [0.5, 0.6) is 0 Å². The van der Waals surface area contributed by atoms with Crippen LogP contribution in [0.15, 0.2) is 30.5 Å². The van der Waals surface area contributed by atoms with Gasteiger partial charge in [-0.3, -0.25) is 9.78 Å². The molecule has 1 amide bonds. The molecule has 5 nitrogen and oxygen atoms in total. The summed E-state index contributed by atoms with van der Waals surface area (Å²) in [5.74, 6) is -0.452. The van der Waals surface area contributed by atoms with E-state index in [-0.39, 0.29) is 6.04 Å². The minimum Gasteiger partial charge on any atom is -0.380 e. The molecule has 1 aromatic carbocycles. The second kappa shape index (κ2) is 5.69. The van der Waals surface area contributed by atoms with E-state index in [0.717, 1.165) is 36.0 Å². The molecule has 21 heavy (non-hydrogen) atoms. The number of hydrogen-bond acceptors (Lipinski definition) is 4. The average Bonchev–Trinajstić information content (AvgIpc) is 2.49. The minimum absolute atomic E-state index is 0.280. The summed E-state index contributed by atoms with van der Waals surface area (Å²) in [6.45, 7) is 3.20. The molecule has 0 spiro atoms. The van der Waals surface area contributed by atoms with Crippen molar-refractivity contribution >= 4 is 22.5 Å². The van der Waals surface area contributed by atoms with Gasteiger partial charge in [-0.2, -0.15) is 0 Å². The first-order chi connectivity index (χ1) is 10.2. The molecule has 1 aromatic heterocycles. The number of carbonyl (C=O) groups is 1. The predicted octanol–water partition coefficient (Wildman–Crippen LogP) is 1.89. The van der Waals surface area contributed by atoms with Crippen LogP contribution >= 0.6 is 0 Å². The van der Waals surface area contributed by atoms with Crippen LogP contribution in [-0.4, -0.2) is 29.5 Å². The maximum atomic E-state index is 11.7.